The number of ether oxygens (including phenoxy) is 1. The Morgan fingerprint density at radius 3 is 2.56 bits per heavy atom. The molecular formula is C28H25ClFNO3. The summed E-state index contributed by atoms with van der Waals surface area (Å²) in [4.78, 5) is 12.6. The van der Waals surface area contributed by atoms with Gasteiger partial charge < -0.3 is 14.5 Å². The van der Waals surface area contributed by atoms with Gasteiger partial charge in [0, 0.05) is 40.2 Å². The number of hydrogen-bond acceptors (Lipinski definition) is 3. The van der Waals surface area contributed by atoms with Gasteiger partial charge in [-0.05, 0) is 67.3 Å². The summed E-state index contributed by atoms with van der Waals surface area (Å²) in [7, 11) is 0. The van der Waals surface area contributed by atoms with Crippen molar-refractivity contribution in [1.82, 2.24) is 5.32 Å². The molecule has 0 bridgehead atoms. The van der Waals surface area contributed by atoms with Crippen molar-refractivity contribution >= 4 is 34.1 Å². The van der Waals surface area contributed by atoms with E-state index in [0.29, 0.717) is 35.9 Å². The van der Waals surface area contributed by atoms with E-state index < -0.39 is 0 Å². The summed E-state index contributed by atoms with van der Waals surface area (Å²) < 4.78 is 24.7. The number of furan rings is 1. The molecule has 4 aromatic rings. The van der Waals surface area contributed by atoms with E-state index >= 15 is 0 Å². The lowest BCUT2D eigenvalue weighted by Crippen LogP contribution is -2.23. The molecule has 1 amide bonds. The van der Waals surface area contributed by atoms with Crippen LogP contribution in [0.15, 0.2) is 77.4 Å². The molecular weight excluding hydrogens is 453 g/mol. The highest BCUT2D eigenvalue weighted by Gasteiger charge is 2.15. The van der Waals surface area contributed by atoms with E-state index in [4.69, 9.17) is 20.8 Å². The van der Waals surface area contributed by atoms with Crippen molar-refractivity contribution in [2.24, 2.45) is 0 Å². The van der Waals surface area contributed by atoms with Crippen LogP contribution in [0.1, 0.15) is 25.0 Å². The van der Waals surface area contributed by atoms with E-state index in [1.807, 2.05) is 50.2 Å². The number of halogens is 2. The first kappa shape index (κ1) is 23.6. The third-order valence-electron chi connectivity index (χ3n) is 5.53. The third-order valence-corrected chi connectivity index (χ3v) is 5.78. The van der Waals surface area contributed by atoms with Crippen molar-refractivity contribution in [2.75, 3.05) is 13.2 Å². The van der Waals surface area contributed by atoms with Crippen molar-refractivity contribution in [1.29, 1.82) is 0 Å². The van der Waals surface area contributed by atoms with Crippen molar-refractivity contribution in [2.45, 2.75) is 20.3 Å². The molecule has 3 aromatic carbocycles. The van der Waals surface area contributed by atoms with Crippen LogP contribution in [0, 0.1) is 5.82 Å². The monoisotopic (exact) mass is 477 g/mol. The third kappa shape index (κ3) is 5.49. The molecule has 6 heteroatoms. The number of allylic oxidation sites excluding steroid dienone is 1. The zero-order valence-corrected chi connectivity index (χ0v) is 19.8. The number of rotatable bonds is 8. The zero-order chi connectivity index (χ0) is 24.1. The van der Waals surface area contributed by atoms with Gasteiger partial charge in [-0.15, -0.1) is 0 Å². The van der Waals surface area contributed by atoms with Gasteiger partial charge in [-0.1, -0.05) is 35.9 Å². The second-order valence-corrected chi connectivity index (χ2v) is 8.37. The van der Waals surface area contributed by atoms with Crippen LogP contribution in [0.2, 0.25) is 5.02 Å². The number of fused-ring (bicyclic) bond motifs is 1. The Bertz CT molecular complexity index is 1320. The molecule has 0 unspecified atom stereocenters. The summed E-state index contributed by atoms with van der Waals surface area (Å²) in [5, 5.41) is 4.48. The average Bonchev–Trinajstić information content (AvgIpc) is 3.23. The highest BCUT2D eigenvalue weighted by Crippen LogP contribution is 2.37. The number of amides is 1. The zero-order valence-electron chi connectivity index (χ0n) is 19.0. The van der Waals surface area contributed by atoms with E-state index in [9.17, 15) is 9.18 Å². The lowest BCUT2D eigenvalue weighted by Gasteiger charge is -2.12. The number of nitrogens with one attached hydrogen (secondary N) is 1. The van der Waals surface area contributed by atoms with Crippen LogP contribution in [0.25, 0.3) is 27.7 Å². The molecule has 174 valence electrons. The van der Waals surface area contributed by atoms with Crippen LogP contribution >= 0.6 is 11.6 Å². The van der Waals surface area contributed by atoms with E-state index in [0.717, 1.165) is 33.2 Å². The van der Waals surface area contributed by atoms with Crippen molar-refractivity contribution in [3.63, 3.8) is 0 Å². The molecule has 4 rings (SSSR count). The predicted octanol–water partition coefficient (Wildman–Crippen LogP) is 7.05. The van der Waals surface area contributed by atoms with Gasteiger partial charge in [0.15, 0.2) is 0 Å². The fourth-order valence-corrected chi connectivity index (χ4v) is 3.92. The number of carbonyl (C=O) groups excluding carboxylic acids is 1. The van der Waals surface area contributed by atoms with E-state index in [-0.39, 0.29) is 11.7 Å². The van der Waals surface area contributed by atoms with Gasteiger partial charge in [-0.25, -0.2) is 4.39 Å². The summed E-state index contributed by atoms with van der Waals surface area (Å²) in [6.07, 6.45) is 3.90. The quantitative estimate of drug-likeness (QED) is 0.276. The number of benzene rings is 3. The second kappa shape index (κ2) is 10.6. The summed E-state index contributed by atoms with van der Waals surface area (Å²) >= 11 is 6.04. The molecule has 4 nitrogen and oxygen atoms in total. The number of carbonyl (C=O) groups is 1. The van der Waals surface area contributed by atoms with Crippen LogP contribution < -0.4 is 10.1 Å². The summed E-state index contributed by atoms with van der Waals surface area (Å²) in [6, 6.07) is 17.7. The maximum atomic E-state index is 13.0. The topological polar surface area (TPSA) is 51.5 Å². The summed E-state index contributed by atoms with van der Waals surface area (Å²) in [5.41, 5.74) is 5.17. The van der Waals surface area contributed by atoms with Gasteiger partial charge in [0.1, 0.15) is 17.1 Å². The highest BCUT2D eigenvalue weighted by molar-refractivity contribution is 6.30. The molecule has 0 saturated heterocycles. The molecule has 0 aliphatic heterocycles. The normalized spacial score (nSPS) is 11.6. The van der Waals surface area contributed by atoms with Gasteiger partial charge in [0.25, 0.3) is 0 Å². The maximum Gasteiger partial charge on any atom is 0.244 e. The molecule has 34 heavy (non-hydrogen) atoms. The maximum absolute atomic E-state index is 13.0. The van der Waals surface area contributed by atoms with Gasteiger partial charge >= 0.3 is 0 Å². The fraction of sp³-hybridized carbons (Fsp3) is 0.179. The van der Waals surface area contributed by atoms with Crippen molar-refractivity contribution in [3.05, 3.63) is 95.0 Å². The first-order valence-electron chi connectivity index (χ1n) is 11.1. The molecule has 0 fully saturated rings. The van der Waals surface area contributed by atoms with Gasteiger partial charge in [0.2, 0.25) is 5.91 Å². The van der Waals surface area contributed by atoms with Crippen molar-refractivity contribution in [3.8, 4) is 16.9 Å². The standard InChI is InChI=1S/C28H25ClFNO3/c1-3-33-26-16-27-24(25(17-34-27)20-6-8-21(29)9-7-20)15-23(26)18(2)14-28(32)31-13-12-19-4-10-22(30)11-5-19/h4-11,14-17H,3,12-13H2,1-2H3,(H,31,32)/b18-14+. The van der Waals surface area contributed by atoms with E-state index in [1.54, 1.807) is 24.5 Å². The molecule has 0 atom stereocenters. The molecule has 0 saturated carbocycles. The Balaban J connectivity index is 1.57. The molecule has 1 N–H and O–H groups in total. The fourth-order valence-electron chi connectivity index (χ4n) is 3.80. The minimum atomic E-state index is -0.273. The minimum Gasteiger partial charge on any atom is -0.493 e. The average molecular weight is 478 g/mol. The van der Waals surface area contributed by atoms with Crippen LogP contribution in [0.5, 0.6) is 5.75 Å². The second-order valence-electron chi connectivity index (χ2n) is 7.93. The first-order valence-corrected chi connectivity index (χ1v) is 11.5. The summed E-state index contributed by atoms with van der Waals surface area (Å²) in [6.45, 7) is 4.73. The minimum absolute atomic E-state index is 0.202. The largest absolute Gasteiger partial charge is 0.493 e. The van der Waals surface area contributed by atoms with Crippen LogP contribution in [0.4, 0.5) is 4.39 Å². The van der Waals surface area contributed by atoms with Gasteiger partial charge in [-0.2, -0.15) is 0 Å². The Morgan fingerprint density at radius 2 is 1.85 bits per heavy atom. The summed E-state index contributed by atoms with van der Waals surface area (Å²) in [5.74, 6) is 0.178. The van der Waals surface area contributed by atoms with E-state index in [2.05, 4.69) is 5.32 Å². The van der Waals surface area contributed by atoms with E-state index in [1.165, 1.54) is 12.1 Å². The van der Waals surface area contributed by atoms with Crippen molar-refractivity contribution < 1.29 is 18.3 Å². The van der Waals surface area contributed by atoms with Crippen LogP contribution in [0.3, 0.4) is 0 Å². The predicted molar refractivity (Wildman–Crippen MR) is 135 cm³/mol. The van der Waals surface area contributed by atoms with Crippen LogP contribution in [-0.4, -0.2) is 19.1 Å². The molecule has 0 aliphatic carbocycles. The van der Waals surface area contributed by atoms with Gasteiger partial charge in [-0.3, -0.25) is 4.79 Å². The lowest BCUT2D eigenvalue weighted by molar-refractivity contribution is -0.116. The smallest absolute Gasteiger partial charge is 0.244 e. The molecule has 0 aliphatic rings. The molecule has 0 radical (unpaired) electrons. The van der Waals surface area contributed by atoms with Gasteiger partial charge in [0.05, 0.1) is 12.9 Å². The van der Waals surface area contributed by atoms with Crippen LogP contribution in [-0.2, 0) is 11.2 Å². The highest BCUT2D eigenvalue weighted by atomic mass is 35.5. The Hall–Kier alpha value is -3.57. The molecule has 0 spiro atoms. The number of hydrogen-bond donors (Lipinski definition) is 1. The molecule has 1 heterocycles. The SMILES string of the molecule is CCOc1cc2occ(-c3ccc(Cl)cc3)c2cc1/C(C)=C/C(=O)NCCc1ccc(F)cc1. The molecule has 1 aromatic heterocycles. The Morgan fingerprint density at radius 1 is 1.12 bits per heavy atom. The Labute approximate surface area is 203 Å². The first-order chi connectivity index (χ1) is 16.4. The lowest BCUT2D eigenvalue weighted by atomic mass is 9.99. The Kier molecular flexibility index (Phi) is 7.33.